The Morgan fingerprint density at radius 3 is 2.46 bits per heavy atom. The van der Waals surface area contributed by atoms with Crippen molar-refractivity contribution in [2.45, 2.75) is 34.1 Å². The van der Waals surface area contributed by atoms with Gasteiger partial charge in [-0.3, -0.25) is 4.79 Å². The van der Waals surface area contributed by atoms with E-state index in [1.165, 1.54) is 6.08 Å². The molecule has 0 radical (unpaired) electrons. The van der Waals surface area contributed by atoms with E-state index in [9.17, 15) is 4.79 Å². The lowest BCUT2D eigenvalue weighted by Gasteiger charge is -2.26. The molecule has 0 saturated carbocycles. The van der Waals surface area contributed by atoms with Crippen LogP contribution in [0.15, 0.2) is 12.7 Å². The second-order valence-corrected chi connectivity index (χ2v) is 4.68. The molecule has 0 aromatic carbocycles. The Hall–Kier alpha value is -0.790. The topological polar surface area (TPSA) is 29.1 Å². The largest absolute Gasteiger partial charge is 0.352 e. The molecule has 0 heterocycles. The van der Waals surface area contributed by atoms with Crippen molar-refractivity contribution in [3.8, 4) is 0 Å². The van der Waals surface area contributed by atoms with E-state index >= 15 is 0 Å². The van der Waals surface area contributed by atoms with Crippen LogP contribution in [0.2, 0.25) is 0 Å². The molecule has 0 spiro atoms. The molecule has 2 heteroatoms. The summed E-state index contributed by atoms with van der Waals surface area (Å²) in [6, 6.07) is 0. The lowest BCUT2D eigenvalue weighted by molar-refractivity contribution is -0.116. The molecule has 0 bridgehead atoms. The summed E-state index contributed by atoms with van der Waals surface area (Å²) in [7, 11) is 0. The van der Waals surface area contributed by atoms with Crippen molar-refractivity contribution < 1.29 is 4.79 Å². The fourth-order valence-corrected chi connectivity index (χ4v) is 1.58. The van der Waals surface area contributed by atoms with Gasteiger partial charge < -0.3 is 5.32 Å². The highest BCUT2D eigenvalue weighted by Crippen LogP contribution is 2.23. The maximum atomic E-state index is 10.9. The smallest absolute Gasteiger partial charge is 0.243 e. The van der Waals surface area contributed by atoms with Crippen LogP contribution in [0, 0.1) is 11.3 Å². The first-order valence-electron chi connectivity index (χ1n) is 4.77. The summed E-state index contributed by atoms with van der Waals surface area (Å²) in [4.78, 5) is 10.9. The first kappa shape index (κ1) is 12.2. The second kappa shape index (κ2) is 5.05. The number of nitrogens with one attached hydrogen (secondary N) is 1. The van der Waals surface area contributed by atoms with Gasteiger partial charge in [-0.05, 0) is 23.8 Å². The van der Waals surface area contributed by atoms with Gasteiger partial charge in [0.1, 0.15) is 0 Å². The van der Waals surface area contributed by atoms with E-state index in [0.717, 1.165) is 13.0 Å². The van der Waals surface area contributed by atoms with Crippen molar-refractivity contribution in [1.29, 1.82) is 0 Å². The zero-order valence-corrected chi connectivity index (χ0v) is 9.18. The van der Waals surface area contributed by atoms with Crippen LogP contribution in [-0.4, -0.2) is 12.5 Å². The van der Waals surface area contributed by atoms with Gasteiger partial charge in [0.25, 0.3) is 0 Å². The van der Waals surface area contributed by atoms with Gasteiger partial charge in [0, 0.05) is 6.54 Å². The molecule has 0 aliphatic carbocycles. The highest BCUT2D eigenvalue weighted by molar-refractivity contribution is 5.86. The van der Waals surface area contributed by atoms with E-state index in [2.05, 4.69) is 39.6 Å². The quantitative estimate of drug-likeness (QED) is 0.651. The van der Waals surface area contributed by atoms with Crippen LogP contribution in [-0.2, 0) is 4.79 Å². The van der Waals surface area contributed by atoms with Gasteiger partial charge >= 0.3 is 0 Å². The van der Waals surface area contributed by atoms with Crippen molar-refractivity contribution in [2.75, 3.05) is 6.54 Å². The number of carbonyl (C=O) groups excluding carboxylic acids is 1. The van der Waals surface area contributed by atoms with Crippen molar-refractivity contribution in [3.63, 3.8) is 0 Å². The predicted molar refractivity (Wildman–Crippen MR) is 56.4 cm³/mol. The number of hydrogen-bond acceptors (Lipinski definition) is 1. The predicted octanol–water partition coefficient (Wildman–Crippen LogP) is 2.36. The molecule has 0 aromatic rings. The normalized spacial score (nSPS) is 11.5. The third-order valence-corrected chi connectivity index (χ3v) is 1.89. The standard InChI is InChI=1S/C11H21NO/c1-6-10(13)12-8-11(4,5)7-9(2)3/h6,9H,1,7-8H2,2-5H3,(H,12,13). The maximum Gasteiger partial charge on any atom is 0.243 e. The van der Waals surface area contributed by atoms with Crippen molar-refractivity contribution in [2.24, 2.45) is 11.3 Å². The molecule has 13 heavy (non-hydrogen) atoms. The molecule has 0 fully saturated rings. The van der Waals surface area contributed by atoms with Crippen LogP contribution in [0.3, 0.4) is 0 Å². The van der Waals surface area contributed by atoms with E-state index in [1.807, 2.05) is 0 Å². The van der Waals surface area contributed by atoms with Gasteiger partial charge in [-0.1, -0.05) is 34.3 Å². The Morgan fingerprint density at radius 2 is 2.08 bits per heavy atom. The second-order valence-electron chi connectivity index (χ2n) is 4.68. The summed E-state index contributed by atoms with van der Waals surface area (Å²) >= 11 is 0. The monoisotopic (exact) mass is 183 g/mol. The van der Waals surface area contributed by atoms with Gasteiger partial charge in [0.15, 0.2) is 0 Å². The molecule has 1 amide bonds. The van der Waals surface area contributed by atoms with E-state index in [4.69, 9.17) is 0 Å². The minimum atomic E-state index is -0.0863. The van der Waals surface area contributed by atoms with E-state index in [0.29, 0.717) is 5.92 Å². The molecule has 1 N–H and O–H groups in total. The van der Waals surface area contributed by atoms with Crippen LogP contribution in [0.4, 0.5) is 0 Å². The third kappa shape index (κ3) is 6.38. The van der Waals surface area contributed by atoms with Crippen LogP contribution in [0.25, 0.3) is 0 Å². The SMILES string of the molecule is C=CC(=O)NCC(C)(C)CC(C)C. The molecule has 2 nitrogen and oxygen atoms in total. The van der Waals surface area contributed by atoms with Gasteiger partial charge in [0.2, 0.25) is 5.91 Å². The zero-order valence-electron chi connectivity index (χ0n) is 9.18. The molecular formula is C11H21NO. The highest BCUT2D eigenvalue weighted by atomic mass is 16.1. The minimum absolute atomic E-state index is 0.0863. The van der Waals surface area contributed by atoms with Crippen LogP contribution >= 0.6 is 0 Å². The fourth-order valence-electron chi connectivity index (χ4n) is 1.58. The van der Waals surface area contributed by atoms with E-state index < -0.39 is 0 Å². The summed E-state index contributed by atoms with van der Waals surface area (Å²) in [5.74, 6) is 0.576. The molecule has 0 aliphatic rings. The highest BCUT2D eigenvalue weighted by Gasteiger charge is 2.19. The van der Waals surface area contributed by atoms with Gasteiger partial charge in [0.05, 0.1) is 0 Å². The maximum absolute atomic E-state index is 10.9. The lowest BCUT2D eigenvalue weighted by Crippen LogP contribution is -2.33. The summed E-state index contributed by atoms with van der Waals surface area (Å²) < 4.78 is 0. The third-order valence-electron chi connectivity index (χ3n) is 1.89. The summed E-state index contributed by atoms with van der Waals surface area (Å²) in [6.07, 6.45) is 2.43. The number of hydrogen-bond donors (Lipinski definition) is 1. The Bertz CT molecular complexity index is 183. The fraction of sp³-hybridized carbons (Fsp3) is 0.727. The molecule has 0 aliphatic heterocycles. The van der Waals surface area contributed by atoms with Crippen LogP contribution < -0.4 is 5.32 Å². The number of carbonyl (C=O) groups is 1. The zero-order chi connectivity index (χ0) is 10.5. The molecule has 0 aromatic heterocycles. The first-order valence-corrected chi connectivity index (χ1v) is 4.77. The Morgan fingerprint density at radius 1 is 1.54 bits per heavy atom. The van der Waals surface area contributed by atoms with Gasteiger partial charge in [-0.2, -0.15) is 0 Å². The Labute approximate surface area is 81.4 Å². The average molecular weight is 183 g/mol. The molecular weight excluding hydrogens is 162 g/mol. The van der Waals surface area contributed by atoms with Crippen LogP contribution in [0.1, 0.15) is 34.1 Å². The molecule has 0 rings (SSSR count). The number of amides is 1. The minimum Gasteiger partial charge on any atom is -0.352 e. The van der Waals surface area contributed by atoms with Crippen molar-refractivity contribution in [3.05, 3.63) is 12.7 Å². The van der Waals surface area contributed by atoms with Gasteiger partial charge in [-0.15, -0.1) is 0 Å². The van der Waals surface area contributed by atoms with Crippen molar-refractivity contribution in [1.82, 2.24) is 5.32 Å². The summed E-state index contributed by atoms with van der Waals surface area (Å²) in [5, 5.41) is 2.82. The van der Waals surface area contributed by atoms with Crippen LogP contribution in [0.5, 0.6) is 0 Å². The Balaban J connectivity index is 3.88. The molecule has 0 unspecified atom stereocenters. The lowest BCUT2D eigenvalue weighted by atomic mass is 9.84. The van der Waals surface area contributed by atoms with Gasteiger partial charge in [-0.25, -0.2) is 0 Å². The molecule has 0 saturated heterocycles. The van der Waals surface area contributed by atoms with E-state index in [-0.39, 0.29) is 11.3 Å². The summed E-state index contributed by atoms with van der Waals surface area (Å²) in [6.45, 7) is 12.8. The summed E-state index contributed by atoms with van der Waals surface area (Å²) in [5.41, 5.74) is 0.173. The molecule has 76 valence electrons. The average Bonchev–Trinajstić information content (AvgIpc) is 1.98. The van der Waals surface area contributed by atoms with E-state index in [1.54, 1.807) is 0 Å². The Kier molecular flexibility index (Phi) is 4.74. The molecule has 0 atom stereocenters. The van der Waals surface area contributed by atoms with Crippen molar-refractivity contribution >= 4 is 5.91 Å². The number of rotatable bonds is 5. The first-order chi connectivity index (χ1) is 5.87.